The van der Waals surface area contributed by atoms with Crippen LogP contribution in [0.4, 0.5) is 4.79 Å². The number of nitrogens with one attached hydrogen (secondary N) is 3. The summed E-state index contributed by atoms with van der Waals surface area (Å²) in [5.41, 5.74) is 8.20. The molecule has 0 bridgehead atoms. The van der Waals surface area contributed by atoms with Crippen LogP contribution < -0.4 is 22.1 Å². The summed E-state index contributed by atoms with van der Waals surface area (Å²) >= 11 is 0. The van der Waals surface area contributed by atoms with E-state index in [0.29, 0.717) is 11.1 Å². The SMILES string of the molecule is COC(=O)c1cccc(C(=O)NN)c1.COC(=O)c1cccc(C(=O)NNC(=O)OCc2ccccc2)c1. The van der Waals surface area contributed by atoms with Crippen LogP contribution in [0.2, 0.25) is 0 Å². The van der Waals surface area contributed by atoms with Crippen molar-refractivity contribution >= 4 is 29.8 Å². The van der Waals surface area contributed by atoms with Gasteiger partial charge in [-0.1, -0.05) is 42.5 Å². The van der Waals surface area contributed by atoms with Gasteiger partial charge in [0.25, 0.3) is 11.8 Å². The Hall–Kier alpha value is -5.23. The van der Waals surface area contributed by atoms with E-state index in [4.69, 9.17) is 10.6 Å². The van der Waals surface area contributed by atoms with Crippen molar-refractivity contribution in [2.24, 2.45) is 5.84 Å². The molecule has 0 radical (unpaired) electrons. The summed E-state index contributed by atoms with van der Waals surface area (Å²) in [6, 6.07) is 21.1. The Balaban J connectivity index is 0.000000308. The number of hydrogen-bond donors (Lipinski definition) is 4. The molecule has 0 aromatic heterocycles. The van der Waals surface area contributed by atoms with E-state index in [9.17, 15) is 24.0 Å². The molecule has 0 atom stereocenters. The van der Waals surface area contributed by atoms with Gasteiger partial charge in [0, 0.05) is 11.1 Å². The first kappa shape index (κ1) is 29.0. The topological polar surface area (TPSA) is 175 Å². The number of carbonyl (C=O) groups is 5. The molecule has 3 aromatic rings. The second-order valence-corrected chi connectivity index (χ2v) is 7.26. The maximum atomic E-state index is 12.0. The summed E-state index contributed by atoms with van der Waals surface area (Å²) in [6.45, 7) is 0.0837. The number of ether oxygens (including phenoxy) is 3. The molecule has 198 valence electrons. The van der Waals surface area contributed by atoms with Gasteiger partial charge in [-0.25, -0.2) is 25.7 Å². The summed E-state index contributed by atoms with van der Waals surface area (Å²) in [6.07, 6.45) is -0.795. The highest BCUT2D eigenvalue weighted by Crippen LogP contribution is 2.07. The van der Waals surface area contributed by atoms with Crippen LogP contribution in [0.1, 0.15) is 47.0 Å². The highest BCUT2D eigenvalue weighted by Gasteiger charge is 2.12. The van der Waals surface area contributed by atoms with Gasteiger partial charge in [0.15, 0.2) is 0 Å². The zero-order valence-corrected chi connectivity index (χ0v) is 20.6. The Morgan fingerprint density at radius 2 is 1.16 bits per heavy atom. The Morgan fingerprint density at radius 1 is 0.658 bits per heavy atom. The molecule has 0 saturated carbocycles. The minimum atomic E-state index is -0.795. The molecule has 0 aliphatic heterocycles. The predicted octanol–water partition coefficient (Wildman–Crippen LogP) is 2.12. The van der Waals surface area contributed by atoms with Crippen molar-refractivity contribution in [2.45, 2.75) is 6.61 Å². The van der Waals surface area contributed by atoms with Gasteiger partial charge in [-0.15, -0.1) is 0 Å². The van der Waals surface area contributed by atoms with E-state index in [2.05, 4.69) is 20.3 Å². The first-order chi connectivity index (χ1) is 18.3. The molecule has 0 unspecified atom stereocenters. The van der Waals surface area contributed by atoms with Crippen molar-refractivity contribution in [3.63, 3.8) is 0 Å². The van der Waals surface area contributed by atoms with Gasteiger partial charge in [-0.3, -0.25) is 20.4 Å². The van der Waals surface area contributed by atoms with Gasteiger partial charge in [0.05, 0.1) is 25.3 Å². The maximum Gasteiger partial charge on any atom is 0.426 e. The monoisotopic (exact) mass is 522 g/mol. The van der Waals surface area contributed by atoms with Crippen LogP contribution >= 0.6 is 0 Å². The molecule has 12 nitrogen and oxygen atoms in total. The largest absolute Gasteiger partial charge is 0.465 e. The van der Waals surface area contributed by atoms with Crippen molar-refractivity contribution in [1.29, 1.82) is 0 Å². The van der Waals surface area contributed by atoms with Crippen LogP contribution in [0.25, 0.3) is 0 Å². The Morgan fingerprint density at radius 3 is 1.66 bits per heavy atom. The number of nitrogen functional groups attached to an aromatic ring is 1. The maximum absolute atomic E-state index is 12.0. The highest BCUT2D eigenvalue weighted by molar-refractivity contribution is 5.98. The zero-order valence-electron chi connectivity index (χ0n) is 20.6. The van der Waals surface area contributed by atoms with Crippen LogP contribution in [0, 0.1) is 0 Å². The molecule has 3 rings (SSSR count). The van der Waals surface area contributed by atoms with Crippen molar-refractivity contribution in [3.8, 4) is 0 Å². The minimum Gasteiger partial charge on any atom is -0.465 e. The van der Waals surface area contributed by atoms with Gasteiger partial charge >= 0.3 is 18.0 Å². The Bertz CT molecular complexity index is 1250. The number of nitrogens with two attached hydrogens (primary N) is 1. The third-order valence-corrected chi connectivity index (χ3v) is 4.71. The van der Waals surface area contributed by atoms with E-state index in [1.54, 1.807) is 18.2 Å². The Kier molecular flexibility index (Phi) is 11.5. The van der Waals surface area contributed by atoms with Gasteiger partial charge in [-0.2, -0.15) is 0 Å². The standard InChI is InChI=1S/C17H16N2O5.C9H10N2O3/c1-23-16(21)14-9-5-8-13(10-14)15(20)18-19-17(22)24-11-12-6-3-2-4-7-12;1-14-9(13)7-4-2-3-6(5-7)8(12)11-10/h2-10H,11H2,1H3,(H,18,20)(H,19,22);2-5H,10H2,1H3,(H,11,12). The molecule has 3 aromatic carbocycles. The van der Waals surface area contributed by atoms with Gasteiger partial charge in [0.1, 0.15) is 6.61 Å². The van der Waals surface area contributed by atoms with Crippen molar-refractivity contribution in [3.05, 3.63) is 107 Å². The van der Waals surface area contributed by atoms with Gasteiger partial charge < -0.3 is 14.2 Å². The number of esters is 2. The zero-order chi connectivity index (χ0) is 27.9. The van der Waals surface area contributed by atoms with Gasteiger partial charge in [0.2, 0.25) is 0 Å². The first-order valence-electron chi connectivity index (χ1n) is 10.9. The fourth-order valence-corrected chi connectivity index (χ4v) is 2.83. The molecule has 12 heteroatoms. The van der Waals surface area contributed by atoms with Crippen LogP contribution in [-0.4, -0.2) is 44.1 Å². The number of amides is 3. The van der Waals surface area contributed by atoms with E-state index in [1.807, 2.05) is 35.8 Å². The number of hydrazine groups is 2. The lowest BCUT2D eigenvalue weighted by molar-refractivity contribution is 0.0591. The molecular formula is C26H26N4O8. The van der Waals surface area contributed by atoms with Crippen molar-refractivity contribution in [1.82, 2.24) is 16.3 Å². The molecule has 5 N–H and O–H groups in total. The van der Waals surface area contributed by atoms with E-state index in [-0.39, 0.29) is 17.7 Å². The fourth-order valence-electron chi connectivity index (χ4n) is 2.83. The van der Waals surface area contributed by atoms with E-state index >= 15 is 0 Å². The quantitative estimate of drug-likeness (QED) is 0.124. The van der Waals surface area contributed by atoms with E-state index in [1.165, 1.54) is 44.6 Å². The lowest BCUT2D eigenvalue weighted by Crippen LogP contribution is -2.41. The highest BCUT2D eigenvalue weighted by atomic mass is 16.6. The molecule has 3 amide bonds. The normalized spacial score (nSPS) is 9.55. The second-order valence-electron chi connectivity index (χ2n) is 7.26. The minimum absolute atomic E-state index is 0.0837. The molecule has 0 heterocycles. The van der Waals surface area contributed by atoms with E-state index < -0.39 is 29.8 Å². The summed E-state index contributed by atoms with van der Waals surface area (Å²) in [5, 5.41) is 0. The molecule has 0 saturated heterocycles. The van der Waals surface area contributed by atoms with Crippen molar-refractivity contribution < 1.29 is 38.2 Å². The van der Waals surface area contributed by atoms with Crippen LogP contribution in [0.5, 0.6) is 0 Å². The lowest BCUT2D eigenvalue weighted by Gasteiger charge is -2.09. The molecule has 0 aliphatic carbocycles. The summed E-state index contributed by atoms with van der Waals surface area (Å²) < 4.78 is 14.0. The fraction of sp³-hybridized carbons (Fsp3) is 0.115. The first-order valence-corrected chi connectivity index (χ1v) is 10.9. The average molecular weight is 523 g/mol. The molecule has 38 heavy (non-hydrogen) atoms. The number of benzene rings is 3. The third kappa shape index (κ3) is 9.09. The van der Waals surface area contributed by atoms with Crippen LogP contribution in [0.3, 0.4) is 0 Å². The average Bonchev–Trinajstić information content (AvgIpc) is 2.98. The number of carbonyl (C=O) groups excluding carboxylic acids is 5. The second kappa shape index (κ2) is 15.0. The van der Waals surface area contributed by atoms with Crippen molar-refractivity contribution in [2.75, 3.05) is 14.2 Å². The predicted molar refractivity (Wildman–Crippen MR) is 134 cm³/mol. The van der Waals surface area contributed by atoms with Crippen LogP contribution in [-0.2, 0) is 20.8 Å². The Labute approximate surface area is 218 Å². The summed E-state index contributed by atoms with van der Waals surface area (Å²) in [5.74, 6) is 2.87. The number of rotatable bonds is 6. The molecule has 0 spiro atoms. The summed E-state index contributed by atoms with van der Waals surface area (Å²) in [4.78, 5) is 57.1. The van der Waals surface area contributed by atoms with E-state index in [0.717, 1.165) is 5.56 Å². The smallest absolute Gasteiger partial charge is 0.426 e. The lowest BCUT2D eigenvalue weighted by atomic mass is 10.1. The van der Waals surface area contributed by atoms with Crippen LogP contribution in [0.15, 0.2) is 78.9 Å². The number of hydrogen-bond acceptors (Lipinski definition) is 9. The molecular weight excluding hydrogens is 496 g/mol. The third-order valence-electron chi connectivity index (χ3n) is 4.71. The van der Waals surface area contributed by atoms with Gasteiger partial charge in [-0.05, 0) is 42.0 Å². The molecule has 0 aliphatic rings. The number of methoxy groups -OCH3 is 2. The molecule has 0 fully saturated rings. The summed E-state index contributed by atoms with van der Waals surface area (Å²) in [7, 11) is 2.53.